The summed E-state index contributed by atoms with van der Waals surface area (Å²) in [6.45, 7) is 5.35. The monoisotopic (exact) mass is 277 g/mol. The summed E-state index contributed by atoms with van der Waals surface area (Å²) in [6, 6.07) is 4.25. The van der Waals surface area contributed by atoms with Crippen molar-refractivity contribution in [1.29, 1.82) is 0 Å². The topological polar surface area (TPSA) is 71.2 Å². The number of hydrogen-bond acceptors (Lipinski definition) is 6. The number of fused-ring (bicyclic) bond motifs is 1. The molecule has 7 heteroatoms. The summed E-state index contributed by atoms with van der Waals surface area (Å²) < 4.78 is 1.43. The summed E-state index contributed by atoms with van der Waals surface area (Å²) in [5.41, 5.74) is 0.653. The number of rotatable bonds is 7. The number of nitrogens with one attached hydrogen (secondary N) is 1. The molecule has 0 aliphatic carbocycles. The van der Waals surface area contributed by atoms with Crippen molar-refractivity contribution in [3.63, 3.8) is 0 Å². The third-order valence-corrected chi connectivity index (χ3v) is 3.82. The molecule has 0 spiro atoms. The lowest BCUT2D eigenvalue weighted by atomic mass is 9.93. The summed E-state index contributed by atoms with van der Waals surface area (Å²) >= 11 is 0. The first kappa shape index (κ1) is 14.6. The van der Waals surface area contributed by atoms with Crippen LogP contribution < -0.4 is 5.32 Å². The van der Waals surface area contributed by atoms with Gasteiger partial charge in [-0.15, -0.1) is 14.8 Å². The van der Waals surface area contributed by atoms with E-state index in [1.165, 1.54) is 17.5 Å². The molecule has 2 rings (SSSR count). The van der Waals surface area contributed by atoms with Crippen LogP contribution in [-0.4, -0.2) is 56.8 Å². The summed E-state index contributed by atoms with van der Waals surface area (Å²) in [5, 5.41) is 18.9. The van der Waals surface area contributed by atoms with Gasteiger partial charge in [-0.25, -0.2) is 0 Å². The number of anilines is 1. The molecule has 20 heavy (non-hydrogen) atoms. The quantitative estimate of drug-likeness (QED) is 0.822. The first-order chi connectivity index (χ1) is 9.65. The third kappa shape index (κ3) is 3.22. The van der Waals surface area contributed by atoms with E-state index in [1.54, 1.807) is 0 Å². The molecule has 0 aliphatic heterocycles. The predicted molar refractivity (Wildman–Crippen MR) is 78.6 cm³/mol. The molecule has 0 aromatic carbocycles. The highest BCUT2D eigenvalue weighted by Gasteiger charge is 2.20. The van der Waals surface area contributed by atoms with Gasteiger partial charge in [-0.1, -0.05) is 26.7 Å². The fraction of sp³-hybridized carbons (Fsp3) is 0.692. The molecule has 1 N–H and O–H groups in total. The van der Waals surface area contributed by atoms with Crippen molar-refractivity contribution in [3.8, 4) is 0 Å². The Kier molecular flexibility index (Phi) is 4.84. The Labute approximate surface area is 119 Å². The summed E-state index contributed by atoms with van der Waals surface area (Å²) in [5.74, 6) is 1.47. The van der Waals surface area contributed by atoms with E-state index >= 15 is 0 Å². The number of nitrogens with zero attached hydrogens (tertiary/aromatic N) is 6. The fourth-order valence-electron chi connectivity index (χ4n) is 2.56. The molecule has 0 unspecified atom stereocenters. The number of aromatic nitrogens is 5. The van der Waals surface area contributed by atoms with Gasteiger partial charge in [0.2, 0.25) is 0 Å². The SMILES string of the molecule is CCC(CC)[C@@H](CNc1ccc2nnnn2n1)N(C)C. The highest BCUT2D eigenvalue weighted by Crippen LogP contribution is 2.17. The Morgan fingerprint density at radius 1 is 1.25 bits per heavy atom. The average molecular weight is 277 g/mol. The van der Waals surface area contributed by atoms with E-state index in [-0.39, 0.29) is 0 Å². The van der Waals surface area contributed by atoms with E-state index < -0.39 is 0 Å². The van der Waals surface area contributed by atoms with Gasteiger partial charge < -0.3 is 10.2 Å². The average Bonchev–Trinajstić information content (AvgIpc) is 2.90. The van der Waals surface area contributed by atoms with Crippen molar-refractivity contribution in [2.45, 2.75) is 32.7 Å². The Hall–Kier alpha value is -1.76. The maximum Gasteiger partial charge on any atom is 0.200 e. The first-order valence-corrected chi connectivity index (χ1v) is 7.11. The van der Waals surface area contributed by atoms with Crippen LogP contribution in [0.5, 0.6) is 0 Å². The standard InChI is InChI=1S/C13H23N7/c1-5-10(6-2)11(19(3)4)9-14-12-7-8-13-15-17-18-20(13)16-12/h7-8,10-11H,5-6,9H2,1-4H3,(H,14,16)/t11-/m1/s1. The minimum Gasteiger partial charge on any atom is -0.367 e. The van der Waals surface area contributed by atoms with Gasteiger partial charge in [0, 0.05) is 12.6 Å². The molecule has 0 fully saturated rings. The van der Waals surface area contributed by atoms with E-state index in [2.05, 4.69) is 58.8 Å². The van der Waals surface area contributed by atoms with Crippen LogP contribution in [0.4, 0.5) is 5.82 Å². The molecule has 2 heterocycles. The molecule has 0 radical (unpaired) electrons. The highest BCUT2D eigenvalue weighted by molar-refractivity contribution is 5.42. The van der Waals surface area contributed by atoms with Gasteiger partial charge in [0.05, 0.1) is 0 Å². The van der Waals surface area contributed by atoms with Crippen molar-refractivity contribution in [2.24, 2.45) is 5.92 Å². The van der Waals surface area contributed by atoms with Crippen LogP contribution in [0.25, 0.3) is 5.65 Å². The lowest BCUT2D eigenvalue weighted by Gasteiger charge is -2.31. The lowest BCUT2D eigenvalue weighted by Crippen LogP contribution is -2.40. The summed E-state index contributed by atoms with van der Waals surface area (Å²) in [4.78, 5) is 2.28. The van der Waals surface area contributed by atoms with Crippen molar-refractivity contribution < 1.29 is 0 Å². The first-order valence-electron chi connectivity index (χ1n) is 7.11. The number of hydrogen-bond donors (Lipinski definition) is 1. The van der Waals surface area contributed by atoms with Gasteiger partial charge in [-0.05, 0) is 42.6 Å². The second-order valence-electron chi connectivity index (χ2n) is 5.23. The lowest BCUT2D eigenvalue weighted by molar-refractivity contribution is 0.210. The Bertz CT molecular complexity index is 532. The normalized spacial score (nSPS) is 13.3. The molecule has 2 aromatic rings. The number of tetrazole rings is 1. The largest absolute Gasteiger partial charge is 0.367 e. The zero-order valence-corrected chi connectivity index (χ0v) is 12.6. The van der Waals surface area contributed by atoms with Crippen LogP contribution in [0.3, 0.4) is 0 Å². The van der Waals surface area contributed by atoms with Gasteiger partial charge in [-0.2, -0.15) is 0 Å². The molecule has 0 amide bonds. The zero-order valence-electron chi connectivity index (χ0n) is 12.6. The molecule has 0 bridgehead atoms. The molecule has 110 valence electrons. The Morgan fingerprint density at radius 3 is 2.65 bits per heavy atom. The molecule has 0 saturated heterocycles. The van der Waals surface area contributed by atoms with Gasteiger partial charge >= 0.3 is 0 Å². The van der Waals surface area contributed by atoms with Gasteiger partial charge in [-0.3, -0.25) is 0 Å². The van der Waals surface area contributed by atoms with Crippen LogP contribution in [0.2, 0.25) is 0 Å². The molecule has 1 atom stereocenters. The van der Waals surface area contributed by atoms with Crippen LogP contribution in [0.1, 0.15) is 26.7 Å². The van der Waals surface area contributed by atoms with E-state index in [1.807, 2.05) is 12.1 Å². The predicted octanol–water partition coefficient (Wildman–Crippen LogP) is 1.30. The summed E-state index contributed by atoms with van der Waals surface area (Å²) in [7, 11) is 4.26. The zero-order chi connectivity index (χ0) is 14.5. The molecule has 0 aliphatic rings. The Balaban J connectivity index is 2.04. The van der Waals surface area contributed by atoms with E-state index in [0.717, 1.165) is 12.4 Å². The third-order valence-electron chi connectivity index (χ3n) is 3.82. The van der Waals surface area contributed by atoms with Crippen molar-refractivity contribution in [3.05, 3.63) is 12.1 Å². The van der Waals surface area contributed by atoms with Gasteiger partial charge in [0.15, 0.2) is 5.65 Å². The smallest absolute Gasteiger partial charge is 0.200 e. The fourth-order valence-corrected chi connectivity index (χ4v) is 2.56. The minimum atomic E-state index is 0.483. The van der Waals surface area contributed by atoms with Crippen LogP contribution in [-0.2, 0) is 0 Å². The molecule has 7 nitrogen and oxygen atoms in total. The van der Waals surface area contributed by atoms with Gasteiger partial charge in [0.25, 0.3) is 0 Å². The van der Waals surface area contributed by atoms with Crippen molar-refractivity contribution in [1.82, 2.24) is 30.2 Å². The molecule has 0 saturated carbocycles. The number of likely N-dealkylation sites (N-methyl/N-ethyl adjacent to an activating group) is 1. The second-order valence-corrected chi connectivity index (χ2v) is 5.23. The molecular formula is C13H23N7. The molecular weight excluding hydrogens is 254 g/mol. The van der Waals surface area contributed by atoms with Crippen molar-refractivity contribution in [2.75, 3.05) is 26.0 Å². The minimum absolute atomic E-state index is 0.483. The van der Waals surface area contributed by atoms with E-state index in [9.17, 15) is 0 Å². The Morgan fingerprint density at radius 2 is 2.00 bits per heavy atom. The van der Waals surface area contributed by atoms with E-state index in [0.29, 0.717) is 17.6 Å². The van der Waals surface area contributed by atoms with Crippen molar-refractivity contribution >= 4 is 11.5 Å². The summed E-state index contributed by atoms with van der Waals surface area (Å²) in [6.07, 6.45) is 2.36. The van der Waals surface area contributed by atoms with Crippen LogP contribution >= 0.6 is 0 Å². The highest BCUT2D eigenvalue weighted by atomic mass is 15.6. The van der Waals surface area contributed by atoms with Gasteiger partial charge in [0.1, 0.15) is 5.82 Å². The van der Waals surface area contributed by atoms with Crippen LogP contribution in [0, 0.1) is 5.92 Å². The maximum atomic E-state index is 4.33. The molecule has 2 aromatic heterocycles. The van der Waals surface area contributed by atoms with Crippen LogP contribution in [0.15, 0.2) is 12.1 Å². The van der Waals surface area contributed by atoms with E-state index in [4.69, 9.17) is 0 Å². The second kappa shape index (κ2) is 6.60. The maximum absolute atomic E-state index is 4.33.